The monoisotopic (exact) mass is 275 g/mol. The molecule has 0 aliphatic carbocycles. The van der Waals surface area contributed by atoms with Crippen molar-refractivity contribution in [1.29, 1.82) is 0 Å². The van der Waals surface area contributed by atoms with Gasteiger partial charge in [0.2, 0.25) is 0 Å². The van der Waals surface area contributed by atoms with Crippen LogP contribution in [0.2, 0.25) is 0 Å². The maximum atomic E-state index is 10.1. The predicted molar refractivity (Wildman–Crippen MR) is 77.9 cm³/mol. The lowest BCUT2D eigenvalue weighted by Gasteiger charge is -2.11. The fourth-order valence-electron chi connectivity index (χ4n) is 2.04. The summed E-state index contributed by atoms with van der Waals surface area (Å²) in [5.41, 5.74) is 0.843. The molecule has 2 rings (SSSR count). The van der Waals surface area contributed by atoms with Crippen molar-refractivity contribution >= 4 is 0 Å². The number of para-hydroxylation sites is 1. The Morgan fingerprint density at radius 2 is 2.25 bits per heavy atom. The van der Waals surface area contributed by atoms with E-state index in [-0.39, 0.29) is 5.75 Å². The second-order valence-corrected chi connectivity index (χ2v) is 4.58. The number of phenolic OH excluding ortho intramolecular Hbond substituents is 1. The maximum Gasteiger partial charge on any atom is 0.162 e. The molecule has 0 bridgehead atoms. The lowest BCUT2D eigenvalue weighted by atomic mass is 10.2. The first-order valence-electron chi connectivity index (χ1n) is 6.83. The summed E-state index contributed by atoms with van der Waals surface area (Å²) < 4.78 is 7.38. The zero-order valence-corrected chi connectivity index (χ0v) is 12.0. The molecule has 0 radical (unpaired) electrons. The Morgan fingerprint density at radius 1 is 1.40 bits per heavy atom. The SMILES string of the molecule is CCOc1cccc(CNCCc2nccn2C)c1O. The number of phenols is 1. The summed E-state index contributed by atoms with van der Waals surface area (Å²) >= 11 is 0. The van der Waals surface area contributed by atoms with Gasteiger partial charge in [0.15, 0.2) is 11.5 Å². The largest absolute Gasteiger partial charge is 0.504 e. The first kappa shape index (κ1) is 14.4. The van der Waals surface area contributed by atoms with Gasteiger partial charge in [0.1, 0.15) is 5.82 Å². The average Bonchev–Trinajstić information content (AvgIpc) is 2.84. The number of rotatable bonds is 7. The smallest absolute Gasteiger partial charge is 0.162 e. The number of aromatic nitrogens is 2. The highest BCUT2D eigenvalue weighted by molar-refractivity contribution is 5.45. The van der Waals surface area contributed by atoms with Crippen molar-refractivity contribution in [3.63, 3.8) is 0 Å². The van der Waals surface area contributed by atoms with Gasteiger partial charge in [0, 0.05) is 44.5 Å². The predicted octanol–water partition coefficient (Wildman–Crippen LogP) is 1.86. The molecule has 2 N–H and O–H groups in total. The van der Waals surface area contributed by atoms with Crippen molar-refractivity contribution in [3.8, 4) is 11.5 Å². The van der Waals surface area contributed by atoms with Crippen LogP contribution >= 0.6 is 0 Å². The first-order valence-corrected chi connectivity index (χ1v) is 6.83. The number of benzene rings is 1. The van der Waals surface area contributed by atoms with Gasteiger partial charge in [-0.2, -0.15) is 0 Å². The lowest BCUT2D eigenvalue weighted by Crippen LogP contribution is -2.18. The molecular weight excluding hydrogens is 254 g/mol. The van der Waals surface area contributed by atoms with E-state index in [0.29, 0.717) is 18.9 Å². The molecule has 1 aromatic heterocycles. The van der Waals surface area contributed by atoms with Gasteiger partial charge in [-0.25, -0.2) is 4.98 Å². The number of nitrogens with one attached hydrogen (secondary N) is 1. The molecule has 5 nitrogen and oxygen atoms in total. The number of aryl methyl sites for hydroxylation is 1. The van der Waals surface area contributed by atoms with Gasteiger partial charge >= 0.3 is 0 Å². The zero-order valence-electron chi connectivity index (χ0n) is 12.0. The highest BCUT2D eigenvalue weighted by Crippen LogP contribution is 2.29. The highest BCUT2D eigenvalue weighted by Gasteiger charge is 2.07. The Hall–Kier alpha value is -2.01. The Morgan fingerprint density at radius 3 is 2.95 bits per heavy atom. The molecule has 0 aliphatic heterocycles. The van der Waals surface area contributed by atoms with Crippen LogP contribution in [0.15, 0.2) is 30.6 Å². The van der Waals surface area contributed by atoms with Crippen LogP contribution in [0.25, 0.3) is 0 Å². The van der Waals surface area contributed by atoms with Crippen LogP contribution in [0.5, 0.6) is 11.5 Å². The molecule has 0 fully saturated rings. The normalized spacial score (nSPS) is 10.7. The summed E-state index contributed by atoms with van der Waals surface area (Å²) in [5.74, 6) is 1.81. The molecule has 2 aromatic rings. The third-order valence-corrected chi connectivity index (χ3v) is 3.14. The molecule has 1 aromatic carbocycles. The second-order valence-electron chi connectivity index (χ2n) is 4.58. The number of hydrogen-bond donors (Lipinski definition) is 2. The fourth-order valence-corrected chi connectivity index (χ4v) is 2.04. The summed E-state index contributed by atoms with van der Waals surface area (Å²) in [4.78, 5) is 4.27. The molecule has 5 heteroatoms. The number of imidazole rings is 1. The van der Waals surface area contributed by atoms with Crippen LogP contribution in [0.4, 0.5) is 0 Å². The van der Waals surface area contributed by atoms with Gasteiger partial charge in [-0.1, -0.05) is 12.1 Å². The summed E-state index contributed by atoms with van der Waals surface area (Å²) in [6.07, 6.45) is 4.59. The number of nitrogens with zero attached hydrogens (tertiary/aromatic N) is 2. The van der Waals surface area contributed by atoms with E-state index in [1.165, 1.54) is 0 Å². The van der Waals surface area contributed by atoms with Crippen molar-refractivity contribution < 1.29 is 9.84 Å². The van der Waals surface area contributed by atoms with Crippen molar-refractivity contribution in [2.45, 2.75) is 19.9 Å². The summed E-state index contributed by atoms with van der Waals surface area (Å²) in [5, 5.41) is 13.4. The van der Waals surface area contributed by atoms with Crippen molar-refractivity contribution in [2.75, 3.05) is 13.2 Å². The standard InChI is InChI=1S/C15H21N3O2/c1-3-20-13-6-4-5-12(15(13)19)11-16-8-7-14-17-9-10-18(14)2/h4-6,9-10,16,19H,3,7-8,11H2,1-2H3. The third kappa shape index (κ3) is 3.51. The summed E-state index contributed by atoms with van der Waals surface area (Å²) in [6.45, 7) is 3.86. The Balaban J connectivity index is 1.85. The van der Waals surface area contributed by atoms with Gasteiger partial charge in [-0.3, -0.25) is 0 Å². The third-order valence-electron chi connectivity index (χ3n) is 3.14. The van der Waals surface area contributed by atoms with Crippen LogP contribution in [0, 0.1) is 0 Å². The first-order chi connectivity index (χ1) is 9.72. The van der Waals surface area contributed by atoms with Crippen LogP contribution < -0.4 is 10.1 Å². The number of ether oxygens (including phenoxy) is 1. The molecule has 0 atom stereocenters. The molecule has 20 heavy (non-hydrogen) atoms. The minimum absolute atomic E-state index is 0.221. The van der Waals surface area contributed by atoms with E-state index in [4.69, 9.17) is 4.74 Å². The lowest BCUT2D eigenvalue weighted by molar-refractivity contribution is 0.316. The molecular formula is C15H21N3O2. The van der Waals surface area contributed by atoms with E-state index in [2.05, 4.69) is 10.3 Å². The topological polar surface area (TPSA) is 59.3 Å². The van der Waals surface area contributed by atoms with E-state index in [9.17, 15) is 5.11 Å². The zero-order chi connectivity index (χ0) is 14.4. The van der Waals surface area contributed by atoms with Gasteiger partial charge in [-0.05, 0) is 13.0 Å². The quantitative estimate of drug-likeness (QED) is 0.757. The average molecular weight is 275 g/mol. The van der Waals surface area contributed by atoms with E-state index in [1.807, 2.05) is 36.9 Å². The highest BCUT2D eigenvalue weighted by atomic mass is 16.5. The van der Waals surface area contributed by atoms with Crippen LogP contribution in [0.3, 0.4) is 0 Å². The van der Waals surface area contributed by atoms with Gasteiger partial charge < -0.3 is 19.7 Å². The van der Waals surface area contributed by atoms with Gasteiger partial charge in [0.05, 0.1) is 6.61 Å². The molecule has 1 heterocycles. The van der Waals surface area contributed by atoms with Crippen molar-refractivity contribution in [1.82, 2.24) is 14.9 Å². The molecule has 0 amide bonds. The van der Waals surface area contributed by atoms with E-state index in [1.54, 1.807) is 12.3 Å². The molecule has 0 unspecified atom stereocenters. The van der Waals surface area contributed by atoms with Crippen molar-refractivity contribution in [3.05, 3.63) is 42.0 Å². The van der Waals surface area contributed by atoms with E-state index < -0.39 is 0 Å². The minimum atomic E-state index is 0.221. The molecule has 0 aliphatic rings. The van der Waals surface area contributed by atoms with Crippen LogP contribution in [-0.2, 0) is 20.0 Å². The van der Waals surface area contributed by atoms with E-state index in [0.717, 1.165) is 24.4 Å². The molecule has 0 saturated carbocycles. The molecule has 0 saturated heterocycles. The van der Waals surface area contributed by atoms with Crippen molar-refractivity contribution in [2.24, 2.45) is 7.05 Å². The minimum Gasteiger partial charge on any atom is -0.504 e. The van der Waals surface area contributed by atoms with Gasteiger partial charge in [0.25, 0.3) is 0 Å². The van der Waals surface area contributed by atoms with Crippen LogP contribution in [0.1, 0.15) is 18.3 Å². The Bertz CT molecular complexity index is 552. The van der Waals surface area contributed by atoms with Crippen LogP contribution in [-0.4, -0.2) is 27.8 Å². The number of hydrogen-bond acceptors (Lipinski definition) is 4. The fraction of sp³-hybridized carbons (Fsp3) is 0.400. The number of aromatic hydroxyl groups is 1. The Kier molecular flexibility index (Phi) is 5.01. The second kappa shape index (κ2) is 6.96. The van der Waals surface area contributed by atoms with Gasteiger partial charge in [-0.15, -0.1) is 0 Å². The van der Waals surface area contributed by atoms with E-state index >= 15 is 0 Å². The summed E-state index contributed by atoms with van der Waals surface area (Å²) in [6, 6.07) is 5.56. The molecule has 108 valence electrons. The Labute approximate surface area is 119 Å². The molecule has 0 spiro atoms. The summed E-state index contributed by atoms with van der Waals surface area (Å²) in [7, 11) is 1.99. The maximum absolute atomic E-state index is 10.1.